The second kappa shape index (κ2) is 6.67. The molecule has 0 aliphatic heterocycles. The Morgan fingerprint density at radius 1 is 1.38 bits per heavy atom. The van der Waals surface area contributed by atoms with E-state index in [0.717, 1.165) is 5.01 Å². The molecule has 2 heterocycles. The van der Waals surface area contributed by atoms with Gasteiger partial charge in [0.2, 0.25) is 4.47 Å². The SMILES string of the molecule is Cc1nc(C(C)C)nc(SCc2nnc(Cl)s2)c1C(=O)O. The number of aryl methyl sites for hydroxylation is 1. The molecule has 0 saturated heterocycles. The first kappa shape index (κ1) is 16.1. The van der Waals surface area contributed by atoms with Crippen LogP contribution in [0.2, 0.25) is 4.47 Å². The molecule has 6 nitrogen and oxygen atoms in total. The second-order valence-electron chi connectivity index (χ2n) is 4.54. The van der Waals surface area contributed by atoms with Crippen LogP contribution < -0.4 is 0 Å². The third kappa shape index (κ3) is 3.90. The van der Waals surface area contributed by atoms with Gasteiger partial charge in [0, 0.05) is 5.92 Å². The lowest BCUT2D eigenvalue weighted by Gasteiger charge is -2.11. The molecule has 2 rings (SSSR count). The van der Waals surface area contributed by atoms with Crippen LogP contribution in [-0.4, -0.2) is 31.2 Å². The van der Waals surface area contributed by atoms with Crippen molar-refractivity contribution in [2.24, 2.45) is 0 Å². The first-order valence-corrected chi connectivity index (χ1v) is 8.29. The van der Waals surface area contributed by atoms with Crippen molar-refractivity contribution in [3.8, 4) is 0 Å². The molecule has 0 aliphatic carbocycles. The Labute approximate surface area is 135 Å². The Bertz CT molecular complexity index is 675. The van der Waals surface area contributed by atoms with Gasteiger partial charge >= 0.3 is 5.97 Å². The highest BCUT2D eigenvalue weighted by molar-refractivity contribution is 7.98. The largest absolute Gasteiger partial charge is 0.478 e. The Morgan fingerprint density at radius 3 is 2.62 bits per heavy atom. The monoisotopic (exact) mass is 344 g/mol. The average molecular weight is 345 g/mol. The van der Waals surface area contributed by atoms with E-state index >= 15 is 0 Å². The summed E-state index contributed by atoms with van der Waals surface area (Å²) >= 11 is 8.30. The minimum Gasteiger partial charge on any atom is -0.478 e. The van der Waals surface area contributed by atoms with Crippen LogP contribution in [0.3, 0.4) is 0 Å². The Balaban J connectivity index is 2.32. The van der Waals surface area contributed by atoms with E-state index in [0.29, 0.717) is 26.8 Å². The van der Waals surface area contributed by atoms with E-state index in [1.54, 1.807) is 6.92 Å². The molecule has 1 N–H and O–H groups in total. The third-order valence-electron chi connectivity index (χ3n) is 2.58. The summed E-state index contributed by atoms with van der Waals surface area (Å²) in [5.41, 5.74) is 0.610. The van der Waals surface area contributed by atoms with Gasteiger partial charge in [-0.2, -0.15) is 0 Å². The zero-order chi connectivity index (χ0) is 15.6. The summed E-state index contributed by atoms with van der Waals surface area (Å²) in [5, 5.41) is 18.1. The average Bonchev–Trinajstić information content (AvgIpc) is 2.80. The summed E-state index contributed by atoms with van der Waals surface area (Å²) in [7, 11) is 0. The zero-order valence-electron chi connectivity index (χ0n) is 11.6. The maximum Gasteiger partial charge on any atom is 0.340 e. The lowest BCUT2D eigenvalue weighted by Crippen LogP contribution is -2.10. The Hall–Kier alpha value is -1.25. The summed E-state index contributed by atoms with van der Waals surface area (Å²) in [6.07, 6.45) is 0. The number of nitrogens with zero attached hydrogens (tertiary/aromatic N) is 4. The molecule has 0 amide bonds. The molecule has 0 bridgehead atoms. The molecule has 0 fully saturated rings. The first-order valence-electron chi connectivity index (χ1n) is 6.11. The molecule has 0 aliphatic rings. The van der Waals surface area contributed by atoms with E-state index in [-0.39, 0.29) is 11.5 Å². The van der Waals surface area contributed by atoms with E-state index in [9.17, 15) is 9.90 Å². The van der Waals surface area contributed by atoms with E-state index in [4.69, 9.17) is 11.6 Å². The van der Waals surface area contributed by atoms with Gasteiger partial charge in [-0.25, -0.2) is 14.8 Å². The van der Waals surface area contributed by atoms with E-state index in [1.807, 2.05) is 13.8 Å². The highest BCUT2D eigenvalue weighted by atomic mass is 35.5. The minimum absolute atomic E-state index is 0.127. The van der Waals surface area contributed by atoms with Crippen LogP contribution in [0.1, 0.15) is 46.6 Å². The number of thioether (sulfide) groups is 1. The standard InChI is InChI=1S/C12H13ClN4O2S2/c1-5(2)9-14-6(3)8(11(18)19)10(15-9)20-4-7-16-17-12(13)21-7/h5H,4H2,1-3H3,(H,18,19). The maximum atomic E-state index is 11.4. The highest BCUT2D eigenvalue weighted by Crippen LogP contribution is 2.29. The first-order chi connectivity index (χ1) is 9.88. The van der Waals surface area contributed by atoms with Crippen LogP contribution in [0.5, 0.6) is 0 Å². The lowest BCUT2D eigenvalue weighted by molar-refractivity contribution is 0.0690. The number of hydrogen-bond acceptors (Lipinski definition) is 7. The fraction of sp³-hybridized carbons (Fsp3) is 0.417. The van der Waals surface area contributed by atoms with E-state index in [2.05, 4.69) is 20.2 Å². The molecule has 0 saturated carbocycles. The van der Waals surface area contributed by atoms with Crippen molar-refractivity contribution >= 4 is 40.7 Å². The van der Waals surface area contributed by atoms with Gasteiger partial charge in [-0.05, 0) is 18.5 Å². The van der Waals surface area contributed by atoms with E-state index in [1.165, 1.54) is 23.1 Å². The number of aromatic nitrogens is 4. The molecular weight excluding hydrogens is 332 g/mol. The smallest absolute Gasteiger partial charge is 0.340 e. The second-order valence-corrected chi connectivity index (χ2v) is 7.15. The van der Waals surface area contributed by atoms with Crippen molar-refractivity contribution in [2.45, 2.75) is 37.5 Å². The van der Waals surface area contributed by atoms with Crippen LogP contribution in [0.25, 0.3) is 0 Å². The van der Waals surface area contributed by atoms with Crippen molar-refractivity contribution in [1.29, 1.82) is 0 Å². The van der Waals surface area contributed by atoms with Crippen molar-refractivity contribution in [1.82, 2.24) is 20.2 Å². The Morgan fingerprint density at radius 2 is 2.10 bits per heavy atom. The number of rotatable bonds is 5. The topological polar surface area (TPSA) is 88.9 Å². The summed E-state index contributed by atoms with van der Waals surface area (Å²) in [5.74, 6) is 0.205. The quantitative estimate of drug-likeness (QED) is 0.656. The van der Waals surface area contributed by atoms with Crippen molar-refractivity contribution in [3.05, 3.63) is 26.6 Å². The van der Waals surface area contributed by atoms with Crippen molar-refractivity contribution in [3.63, 3.8) is 0 Å². The van der Waals surface area contributed by atoms with Gasteiger partial charge in [0.15, 0.2) is 0 Å². The van der Waals surface area contributed by atoms with Gasteiger partial charge in [-0.15, -0.1) is 10.2 Å². The van der Waals surface area contributed by atoms with Crippen LogP contribution in [0, 0.1) is 6.92 Å². The number of carboxylic acid groups (broad SMARTS) is 1. The van der Waals surface area contributed by atoms with Gasteiger partial charge in [0.05, 0.1) is 11.4 Å². The molecule has 2 aromatic rings. The Kier molecular flexibility index (Phi) is 5.13. The summed E-state index contributed by atoms with van der Waals surface area (Å²) in [6, 6.07) is 0. The molecule has 0 aromatic carbocycles. The van der Waals surface area contributed by atoms with Gasteiger partial charge in [-0.3, -0.25) is 0 Å². The fourth-order valence-electron chi connectivity index (χ4n) is 1.60. The van der Waals surface area contributed by atoms with Crippen LogP contribution >= 0.6 is 34.7 Å². The summed E-state index contributed by atoms with van der Waals surface area (Å²) in [6.45, 7) is 5.62. The number of aromatic carboxylic acids is 1. The lowest BCUT2D eigenvalue weighted by atomic mass is 10.2. The molecular formula is C12H13ClN4O2S2. The predicted octanol–water partition coefficient (Wildman–Crippen LogP) is 3.40. The van der Waals surface area contributed by atoms with E-state index < -0.39 is 5.97 Å². The molecule has 0 unspecified atom stereocenters. The maximum absolute atomic E-state index is 11.4. The third-order valence-corrected chi connectivity index (χ3v) is 4.77. The van der Waals surface area contributed by atoms with Crippen LogP contribution in [0.15, 0.2) is 5.03 Å². The number of halogens is 1. The van der Waals surface area contributed by atoms with Crippen molar-refractivity contribution < 1.29 is 9.90 Å². The molecule has 2 aromatic heterocycles. The fourth-order valence-corrected chi connectivity index (χ4v) is 3.53. The normalized spacial score (nSPS) is 11.1. The summed E-state index contributed by atoms with van der Waals surface area (Å²) < 4.78 is 0.366. The number of carbonyl (C=O) groups is 1. The molecule has 0 atom stereocenters. The summed E-state index contributed by atoms with van der Waals surface area (Å²) in [4.78, 5) is 20.0. The highest BCUT2D eigenvalue weighted by Gasteiger charge is 2.20. The van der Waals surface area contributed by atoms with Gasteiger partial charge in [-0.1, -0.05) is 36.9 Å². The van der Waals surface area contributed by atoms with Crippen LogP contribution in [0.4, 0.5) is 0 Å². The molecule has 9 heteroatoms. The van der Waals surface area contributed by atoms with Crippen LogP contribution in [-0.2, 0) is 5.75 Å². The van der Waals surface area contributed by atoms with Gasteiger partial charge in [0.25, 0.3) is 0 Å². The molecule has 0 radical (unpaired) electrons. The zero-order valence-corrected chi connectivity index (χ0v) is 14.0. The molecule has 112 valence electrons. The van der Waals surface area contributed by atoms with Crippen molar-refractivity contribution in [2.75, 3.05) is 0 Å². The minimum atomic E-state index is -1.03. The number of hydrogen-bond donors (Lipinski definition) is 1. The molecule has 21 heavy (non-hydrogen) atoms. The van der Waals surface area contributed by atoms with Gasteiger partial charge in [0.1, 0.15) is 21.4 Å². The van der Waals surface area contributed by atoms with Gasteiger partial charge < -0.3 is 5.11 Å². The number of carboxylic acids is 1. The molecule has 0 spiro atoms. The predicted molar refractivity (Wildman–Crippen MR) is 82.3 cm³/mol.